The van der Waals surface area contributed by atoms with Crippen LogP contribution in [0.4, 0.5) is 0 Å². The van der Waals surface area contributed by atoms with Gasteiger partial charge < -0.3 is 5.32 Å². The average Bonchev–Trinajstić information content (AvgIpc) is 2.55. The molecule has 0 bridgehead atoms. The quantitative estimate of drug-likeness (QED) is 0.914. The van der Waals surface area contributed by atoms with E-state index in [0.29, 0.717) is 5.56 Å². The summed E-state index contributed by atoms with van der Waals surface area (Å²) < 4.78 is 24.2. The number of rotatable bonds is 5. The van der Waals surface area contributed by atoms with E-state index in [9.17, 15) is 13.2 Å². The number of hydrogen-bond donors (Lipinski definition) is 1. The van der Waals surface area contributed by atoms with Crippen LogP contribution >= 0.6 is 0 Å². The molecule has 1 N–H and O–H groups in total. The Hall–Kier alpha value is -2.14. The standard InChI is InChI=1S/C18H21NO3S/c1-13(2)23(21,22)17-11-9-16(10-12-17)18(20)19-14(3)15-7-5-4-6-8-15/h4-14H,1-3H3,(H,19,20). The predicted octanol–water partition coefficient (Wildman–Crippen LogP) is 3.36. The molecule has 0 fully saturated rings. The first-order valence-electron chi connectivity index (χ1n) is 7.52. The van der Waals surface area contributed by atoms with Crippen LogP contribution in [-0.2, 0) is 9.84 Å². The Morgan fingerprint density at radius 1 is 0.913 bits per heavy atom. The van der Waals surface area contributed by atoms with Gasteiger partial charge in [0.25, 0.3) is 5.91 Å². The molecule has 0 saturated heterocycles. The highest BCUT2D eigenvalue weighted by molar-refractivity contribution is 7.92. The minimum absolute atomic E-state index is 0.122. The first-order valence-corrected chi connectivity index (χ1v) is 9.07. The highest BCUT2D eigenvalue weighted by Gasteiger charge is 2.19. The van der Waals surface area contributed by atoms with E-state index < -0.39 is 15.1 Å². The van der Waals surface area contributed by atoms with E-state index in [-0.39, 0.29) is 16.8 Å². The number of sulfone groups is 1. The normalized spacial score (nSPS) is 12.9. The summed E-state index contributed by atoms with van der Waals surface area (Å²) in [6.07, 6.45) is 0. The van der Waals surface area contributed by atoms with E-state index in [1.54, 1.807) is 26.0 Å². The fourth-order valence-corrected chi connectivity index (χ4v) is 3.23. The van der Waals surface area contributed by atoms with Gasteiger partial charge in [-0.25, -0.2) is 8.42 Å². The van der Waals surface area contributed by atoms with E-state index >= 15 is 0 Å². The van der Waals surface area contributed by atoms with Crippen LogP contribution in [0.15, 0.2) is 59.5 Å². The Morgan fingerprint density at radius 2 is 1.48 bits per heavy atom. The zero-order valence-electron chi connectivity index (χ0n) is 13.5. The van der Waals surface area contributed by atoms with Gasteiger partial charge in [-0.2, -0.15) is 0 Å². The van der Waals surface area contributed by atoms with Crippen molar-refractivity contribution in [2.24, 2.45) is 0 Å². The molecular formula is C18H21NO3S. The number of nitrogens with one attached hydrogen (secondary N) is 1. The van der Waals surface area contributed by atoms with Gasteiger partial charge in [0.1, 0.15) is 0 Å². The molecule has 23 heavy (non-hydrogen) atoms. The van der Waals surface area contributed by atoms with E-state index in [4.69, 9.17) is 0 Å². The zero-order valence-corrected chi connectivity index (χ0v) is 14.3. The van der Waals surface area contributed by atoms with Gasteiger partial charge in [-0.15, -0.1) is 0 Å². The van der Waals surface area contributed by atoms with Crippen molar-refractivity contribution < 1.29 is 13.2 Å². The molecule has 2 aromatic carbocycles. The van der Waals surface area contributed by atoms with Crippen LogP contribution in [0.1, 0.15) is 42.7 Å². The molecule has 0 saturated carbocycles. The molecule has 122 valence electrons. The van der Waals surface area contributed by atoms with Gasteiger partial charge in [-0.1, -0.05) is 30.3 Å². The molecule has 4 nitrogen and oxygen atoms in total. The van der Waals surface area contributed by atoms with Gasteiger partial charge in [0.05, 0.1) is 16.2 Å². The van der Waals surface area contributed by atoms with Gasteiger partial charge in [-0.3, -0.25) is 4.79 Å². The Morgan fingerprint density at radius 3 is 2.00 bits per heavy atom. The van der Waals surface area contributed by atoms with Crippen molar-refractivity contribution in [1.82, 2.24) is 5.32 Å². The number of carbonyl (C=O) groups excluding carboxylic acids is 1. The second kappa shape index (κ2) is 6.96. The van der Waals surface area contributed by atoms with Crippen molar-refractivity contribution >= 4 is 15.7 Å². The third kappa shape index (κ3) is 3.99. The first kappa shape index (κ1) is 17.2. The largest absolute Gasteiger partial charge is 0.346 e. The van der Waals surface area contributed by atoms with Gasteiger partial charge in [0.2, 0.25) is 0 Å². The fourth-order valence-electron chi connectivity index (χ4n) is 2.17. The Balaban J connectivity index is 2.12. The Bertz CT molecular complexity index is 766. The lowest BCUT2D eigenvalue weighted by Crippen LogP contribution is -2.26. The van der Waals surface area contributed by atoms with Crippen LogP contribution in [0, 0.1) is 0 Å². The minimum atomic E-state index is -3.32. The van der Waals surface area contributed by atoms with Crippen molar-refractivity contribution in [1.29, 1.82) is 0 Å². The lowest BCUT2D eigenvalue weighted by molar-refractivity contribution is 0.0940. The smallest absolute Gasteiger partial charge is 0.251 e. The van der Waals surface area contributed by atoms with E-state index in [0.717, 1.165) is 5.56 Å². The SMILES string of the molecule is CC(NC(=O)c1ccc(S(=O)(=O)C(C)C)cc1)c1ccccc1. The third-order valence-electron chi connectivity index (χ3n) is 3.71. The predicted molar refractivity (Wildman–Crippen MR) is 91.1 cm³/mol. The van der Waals surface area contributed by atoms with Crippen molar-refractivity contribution in [3.05, 3.63) is 65.7 Å². The molecule has 2 aromatic rings. The van der Waals surface area contributed by atoms with Gasteiger partial charge in [0, 0.05) is 5.56 Å². The van der Waals surface area contributed by atoms with Crippen molar-refractivity contribution in [3.8, 4) is 0 Å². The molecule has 1 unspecified atom stereocenters. The lowest BCUT2D eigenvalue weighted by Gasteiger charge is -2.14. The second-order valence-electron chi connectivity index (χ2n) is 5.72. The topological polar surface area (TPSA) is 63.2 Å². The van der Waals surface area contributed by atoms with Gasteiger partial charge in [-0.05, 0) is 50.6 Å². The highest BCUT2D eigenvalue weighted by Crippen LogP contribution is 2.17. The molecule has 0 aliphatic carbocycles. The molecule has 1 amide bonds. The maximum absolute atomic E-state index is 12.3. The summed E-state index contributed by atoms with van der Waals surface area (Å²) in [5, 5.41) is 2.42. The molecule has 2 rings (SSSR count). The molecule has 0 spiro atoms. The van der Waals surface area contributed by atoms with Crippen LogP contribution in [0.2, 0.25) is 0 Å². The minimum Gasteiger partial charge on any atom is -0.346 e. The maximum Gasteiger partial charge on any atom is 0.251 e. The summed E-state index contributed by atoms with van der Waals surface area (Å²) in [6, 6.07) is 15.6. The molecule has 0 aliphatic heterocycles. The number of benzene rings is 2. The lowest BCUT2D eigenvalue weighted by atomic mass is 10.1. The van der Waals surface area contributed by atoms with Crippen LogP contribution in [0.5, 0.6) is 0 Å². The third-order valence-corrected chi connectivity index (χ3v) is 5.88. The summed E-state index contributed by atoms with van der Waals surface area (Å²) in [5.41, 5.74) is 1.45. The molecule has 5 heteroatoms. The van der Waals surface area contributed by atoms with E-state index in [2.05, 4.69) is 5.32 Å². The highest BCUT2D eigenvalue weighted by atomic mass is 32.2. The molecule has 0 heterocycles. The maximum atomic E-state index is 12.3. The number of hydrogen-bond acceptors (Lipinski definition) is 3. The van der Waals surface area contributed by atoms with E-state index in [1.165, 1.54) is 12.1 Å². The summed E-state index contributed by atoms with van der Waals surface area (Å²) in [7, 11) is -3.32. The second-order valence-corrected chi connectivity index (χ2v) is 8.23. The molecule has 1 atom stereocenters. The fraction of sp³-hybridized carbons (Fsp3) is 0.278. The van der Waals surface area contributed by atoms with Gasteiger partial charge in [0.15, 0.2) is 9.84 Å². The van der Waals surface area contributed by atoms with Crippen LogP contribution < -0.4 is 5.32 Å². The average molecular weight is 331 g/mol. The van der Waals surface area contributed by atoms with Crippen LogP contribution in [0.3, 0.4) is 0 Å². The van der Waals surface area contributed by atoms with Crippen molar-refractivity contribution in [2.75, 3.05) is 0 Å². The van der Waals surface area contributed by atoms with Crippen LogP contribution in [-0.4, -0.2) is 19.6 Å². The summed E-state index contributed by atoms with van der Waals surface area (Å²) in [6.45, 7) is 5.18. The zero-order chi connectivity index (χ0) is 17.0. The number of amides is 1. The molecule has 0 radical (unpaired) electrons. The Labute approximate surface area is 137 Å². The van der Waals surface area contributed by atoms with E-state index in [1.807, 2.05) is 37.3 Å². The Kier molecular flexibility index (Phi) is 5.21. The molecular weight excluding hydrogens is 310 g/mol. The van der Waals surface area contributed by atoms with Crippen LogP contribution in [0.25, 0.3) is 0 Å². The summed E-state index contributed by atoms with van der Waals surface area (Å²) in [4.78, 5) is 12.5. The van der Waals surface area contributed by atoms with Crippen molar-refractivity contribution in [3.63, 3.8) is 0 Å². The monoisotopic (exact) mass is 331 g/mol. The molecule has 0 aliphatic rings. The summed E-state index contributed by atoms with van der Waals surface area (Å²) in [5.74, 6) is -0.227. The van der Waals surface area contributed by atoms with Crippen molar-refractivity contribution in [2.45, 2.75) is 37.0 Å². The number of carbonyl (C=O) groups is 1. The van der Waals surface area contributed by atoms with Gasteiger partial charge >= 0.3 is 0 Å². The molecule has 0 aromatic heterocycles. The summed E-state index contributed by atoms with van der Waals surface area (Å²) >= 11 is 0. The first-order chi connectivity index (χ1) is 10.8.